The van der Waals surface area contributed by atoms with Crippen molar-refractivity contribution < 1.29 is 28.5 Å². The van der Waals surface area contributed by atoms with E-state index in [2.05, 4.69) is 4.74 Å². The molecule has 80 valence electrons. The van der Waals surface area contributed by atoms with E-state index in [9.17, 15) is 9.59 Å². The quantitative estimate of drug-likeness (QED) is 0.593. The number of ether oxygens (including phenoxy) is 4. The van der Waals surface area contributed by atoms with Crippen molar-refractivity contribution in [3.63, 3.8) is 0 Å². The van der Waals surface area contributed by atoms with Gasteiger partial charge in [-0.25, -0.2) is 0 Å². The lowest BCUT2D eigenvalue weighted by atomic mass is 10.7. The summed E-state index contributed by atoms with van der Waals surface area (Å²) < 4.78 is 19.5. The van der Waals surface area contributed by atoms with Crippen molar-refractivity contribution >= 4 is 11.9 Å². The monoisotopic (exact) mass is 204 g/mol. The van der Waals surface area contributed by atoms with E-state index in [0.29, 0.717) is 0 Å². The SMILES string of the molecule is CC(=O)OC[C@@H]1OCC(OC(C)=O)O1. The van der Waals surface area contributed by atoms with E-state index in [1.807, 2.05) is 0 Å². The first-order valence-corrected chi connectivity index (χ1v) is 4.15. The summed E-state index contributed by atoms with van der Waals surface area (Å²) in [7, 11) is 0. The van der Waals surface area contributed by atoms with Crippen molar-refractivity contribution in [3.8, 4) is 0 Å². The maximum Gasteiger partial charge on any atom is 0.305 e. The average molecular weight is 204 g/mol. The molecule has 1 saturated heterocycles. The van der Waals surface area contributed by atoms with Crippen LogP contribution in [0.25, 0.3) is 0 Å². The molecule has 1 rings (SSSR count). The normalized spacial score (nSPS) is 25.9. The summed E-state index contributed by atoms with van der Waals surface area (Å²) >= 11 is 0. The second-order valence-corrected chi connectivity index (χ2v) is 2.74. The molecule has 0 N–H and O–H groups in total. The Morgan fingerprint density at radius 3 is 2.64 bits per heavy atom. The molecule has 1 heterocycles. The van der Waals surface area contributed by atoms with Crippen molar-refractivity contribution in [2.45, 2.75) is 26.4 Å². The van der Waals surface area contributed by atoms with Gasteiger partial charge < -0.3 is 18.9 Å². The second-order valence-electron chi connectivity index (χ2n) is 2.74. The van der Waals surface area contributed by atoms with Gasteiger partial charge in [-0.05, 0) is 0 Å². The third-order valence-corrected chi connectivity index (χ3v) is 1.44. The highest BCUT2D eigenvalue weighted by molar-refractivity contribution is 5.66. The van der Waals surface area contributed by atoms with E-state index in [1.165, 1.54) is 13.8 Å². The lowest BCUT2D eigenvalue weighted by Crippen LogP contribution is -2.22. The van der Waals surface area contributed by atoms with Crippen LogP contribution in [0.2, 0.25) is 0 Å². The van der Waals surface area contributed by atoms with Crippen LogP contribution in [0.5, 0.6) is 0 Å². The van der Waals surface area contributed by atoms with Crippen molar-refractivity contribution in [3.05, 3.63) is 0 Å². The molecule has 0 radical (unpaired) electrons. The van der Waals surface area contributed by atoms with Crippen molar-refractivity contribution in [2.24, 2.45) is 0 Å². The fraction of sp³-hybridized carbons (Fsp3) is 0.750. The zero-order valence-electron chi connectivity index (χ0n) is 8.02. The molecule has 0 saturated carbocycles. The Kier molecular flexibility index (Phi) is 3.84. The van der Waals surface area contributed by atoms with E-state index < -0.39 is 24.5 Å². The first-order valence-electron chi connectivity index (χ1n) is 4.15. The van der Waals surface area contributed by atoms with Gasteiger partial charge in [-0.15, -0.1) is 0 Å². The maximum atomic E-state index is 10.5. The average Bonchev–Trinajstić information content (AvgIpc) is 2.47. The minimum absolute atomic E-state index is 0.00704. The standard InChI is InChI=1S/C8H12O6/c1-5(9)11-3-7-12-4-8(14-7)13-6(2)10/h7-8H,3-4H2,1-2H3/t7-,8?/m1/s1. The summed E-state index contributed by atoms with van der Waals surface area (Å²) in [5.41, 5.74) is 0. The van der Waals surface area contributed by atoms with Crippen molar-refractivity contribution in [1.82, 2.24) is 0 Å². The first-order chi connectivity index (χ1) is 6.58. The minimum atomic E-state index is -0.701. The minimum Gasteiger partial charge on any atom is -0.460 e. The van der Waals surface area contributed by atoms with Gasteiger partial charge in [0.1, 0.15) is 13.2 Å². The molecular weight excluding hydrogens is 192 g/mol. The van der Waals surface area contributed by atoms with Crippen LogP contribution in [0.15, 0.2) is 0 Å². The third kappa shape index (κ3) is 3.71. The van der Waals surface area contributed by atoms with Crippen molar-refractivity contribution in [2.75, 3.05) is 13.2 Å². The lowest BCUT2D eigenvalue weighted by molar-refractivity contribution is -0.183. The fourth-order valence-electron chi connectivity index (χ4n) is 0.953. The molecule has 0 aliphatic carbocycles. The Bertz CT molecular complexity index is 226. The van der Waals surface area contributed by atoms with Crippen LogP contribution in [0.3, 0.4) is 0 Å². The van der Waals surface area contributed by atoms with Crippen LogP contribution in [0, 0.1) is 0 Å². The van der Waals surface area contributed by atoms with E-state index >= 15 is 0 Å². The van der Waals surface area contributed by atoms with Gasteiger partial charge in [-0.2, -0.15) is 0 Å². The van der Waals surface area contributed by atoms with Crippen molar-refractivity contribution in [1.29, 1.82) is 0 Å². The van der Waals surface area contributed by atoms with Gasteiger partial charge >= 0.3 is 11.9 Å². The highest BCUT2D eigenvalue weighted by Gasteiger charge is 2.28. The zero-order valence-corrected chi connectivity index (χ0v) is 8.02. The Balaban J connectivity index is 2.20. The Labute approximate surface area is 81.1 Å². The third-order valence-electron chi connectivity index (χ3n) is 1.44. The second kappa shape index (κ2) is 4.92. The van der Waals surface area contributed by atoms with Crippen LogP contribution in [0.1, 0.15) is 13.8 Å². The molecule has 0 bridgehead atoms. The summed E-state index contributed by atoms with van der Waals surface area (Å²) in [5.74, 6) is -0.847. The van der Waals surface area contributed by atoms with Crippen LogP contribution in [0.4, 0.5) is 0 Å². The molecule has 0 spiro atoms. The molecule has 0 amide bonds. The summed E-state index contributed by atoms with van der Waals surface area (Å²) in [4.78, 5) is 21.0. The molecular formula is C8H12O6. The van der Waals surface area contributed by atoms with Gasteiger partial charge in [0, 0.05) is 13.8 Å². The zero-order chi connectivity index (χ0) is 10.6. The molecule has 0 aromatic carbocycles. The van der Waals surface area contributed by atoms with Crippen LogP contribution >= 0.6 is 0 Å². The van der Waals surface area contributed by atoms with E-state index in [4.69, 9.17) is 14.2 Å². The molecule has 1 fully saturated rings. The lowest BCUT2D eigenvalue weighted by Gasteiger charge is -2.10. The van der Waals surface area contributed by atoms with Gasteiger partial charge in [0.2, 0.25) is 6.29 Å². The van der Waals surface area contributed by atoms with Crippen LogP contribution < -0.4 is 0 Å². The summed E-state index contributed by atoms with van der Waals surface area (Å²) in [5, 5.41) is 0. The molecule has 2 atom stereocenters. The summed E-state index contributed by atoms with van der Waals surface area (Å²) in [6, 6.07) is 0. The molecule has 1 aliphatic rings. The molecule has 14 heavy (non-hydrogen) atoms. The summed E-state index contributed by atoms with van der Waals surface area (Å²) in [6.07, 6.45) is -1.35. The number of carbonyl (C=O) groups is 2. The van der Waals surface area contributed by atoms with Gasteiger partial charge in [-0.3, -0.25) is 9.59 Å². The number of carbonyl (C=O) groups excluding carboxylic acids is 2. The number of hydrogen-bond donors (Lipinski definition) is 0. The molecule has 6 heteroatoms. The molecule has 6 nitrogen and oxygen atoms in total. The Morgan fingerprint density at radius 2 is 2.07 bits per heavy atom. The smallest absolute Gasteiger partial charge is 0.305 e. The highest BCUT2D eigenvalue weighted by atomic mass is 16.8. The Morgan fingerprint density at radius 1 is 1.36 bits per heavy atom. The molecule has 0 aromatic rings. The van der Waals surface area contributed by atoms with Gasteiger partial charge in [0.05, 0.1) is 0 Å². The molecule has 0 aromatic heterocycles. The van der Waals surface area contributed by atoms with E-state index in [1.54, 1.807) is 0 Å². The van der Waals surface area contributed by atoms with Gasteiger partial charge in [-0.1, -0.05) is 0 Å². The van der Waals surface area contributed by atoms with Crippen LogP contribution in [-0.4, -0.2) is 37.7 Å². The predicted molar refractivity (Wildman–Crippen MR) is 43.0 cm³/mol. The number of hydrogen-bond acceptors (Lipinski definition) is 6. The van der Waals surface area contributed by atoms with Gasteiger partial charge in [0.15, 0.2) is 6.29 Å². The van der Waals surface area contributed by atoms with E-state index in [-0.39, 0.29) is 13.2 Å². The molecule has 1 unspecified atom stereocenters. The predicted octanol–water partition coefficient (Wildman–Crippen LogP) is -0.188. The highest BCUT2D eigenvalue weighted by Crippen LogP contribution is 2.12. The van der Waals surface area contributed by atoms with E-state index in [0.717, 1.165) is 0 Å². The van der Waals surface area contributed by atoms with Crippen LogP contribution in [-0.2, 0) is 28.5 Å². The first kappa shape index (κ1) is 10.9. The largest absolute Gasteiger partial charge is 0.460 e. The molecule has 1 aliphatic heterocycles. The fourth-order valence-corrected chi connectivity index (χ4v) is 0.953. The number of esters is 2. The Hall–Kier alpha value is -1.14. The van der Waals surface area contributed by atoms with Gasteiger partial charge in [0.25, 0.3) is 0 Å². The summed E-state index contributed by atoms with van der Waals surface area (Å²) in [6.45, 7) is 2.74. The topological polar surface area (TPSA) is 71.1 Å². The maximum absolute atomic E-state index is 10.5. The number of rotatable bonds is 3.